The molecule has 3 aromatic rings. The van der Waals surface area contributed by atoms with Crippen LogP contribution in [0.4, 0.5) is 0 Å². The van der Waals surface area contributed by atoms with E-state index in [0.29, 0.717) is 13.0 Å². The van der Waals surface area contributed by atoms with Crippen molar-refractivity contribution >= 4 is 5.97 Å². The first-order chi connectivity index (χ1) is 14.6. The lowest BCUT2D eigenvalue weighted by Crippen LogP contribution is -2.38. The molecule has 3 N–H and O–H groups in total. The largest absolute Gasteiger partial charge is 0.508 e. The summed E-state index contributed by atoms with van der Waals surface area (Å²) >= 11 is 0. The van der Waals surface area contributed by atoms with Crippen molar-refractivity contribution in [3.05, 3.63) is 109 Å². The highest BCUT2D eigenvalue weighted by Gasteiger charge is 2.26. The summed E-state index contributed by atoms with van der Waals surface area (Å²) in [5, 5.41) is 27.0. The molecule has 0 bridgehead atoms. The molecule has 30 heavy (non-hydrogen) atoms. The first kappa shape index (κ1) is 20.2. The van der Waals surface area contributed by atoms with Crippen LogP contribution < -0.4 is 5.32 Å². The summed E-state index contributed by atoms with van der Waals surface area (Å²) < 4.78 is 1.81. The Morgan fingerprint density at radius 1 is 1.03 bits per heavy atom. The molecule has 0 amide bonds. The first-order valence-electron chi connectivity index (χ1n) is 9.70. The molecule has 0 aliphatic heterocycles. The van der Waals surface area contributed by atoms with Crippen molar-refractivity contribution in [2.24, 2.45) is 0 Å². The topological polar surface area (TPSA) is 87.4 Å². The molecule has 1 fully saturated rings. The van der Waals surface area contributed by atoms with Crippen LogP contribution in [0.1, 0.15) is 16.8 Å². The molecule has 2 aromatic carbocycles. The van der Waals surface area contributed by atoms with Crippen molar-refractivity contribution in [2.45, 2.75) is 19.0 Å². The van der Waals surface area contributed by atoms with Crippen molar-refractivity contribution in [3.8, 4) is 11.4 Å². The molecule has 0 saturated heterocycles. The Labute approximate surface area is 176 Å². The summed E-state index contributed by atoms with van der Waals surface area (Å²) in [7, 11) is 0. The van der Waals surface area contributed by atoms with Gasteiger partial charge in [-0.1, -0.05) is 30.3 Å². The Morgan fingerprint density at radius 2 is 1.73 bits per heavy atom. The van der Waals surface area contributed by atoms with Gasteiger partial charge in [-0.3, -0.25) is 10.1 Å². The fourth-order valence-corrected chi connectivity index (χ4v) is 3.37. The molecule has 1 aliphatic rings. The number of carboxylic acids is 1. The van der Waals surface area contributed by atoms with Crippen LogP contribution in [0.3, 0.4) is 0 Å². The molecule has 1 aliphatic carbocycles. The molecular weight excluding hydrogens is 378 g/mol. The third kappa shape index (κ3) is 4.71. The van der Waals surface area contributed by atoms with E-state index in [2.05, 4.69) is 5.32 Å². The molecule has 0 spiro atoms. The monoisotopic (exact) mass is 400 g/mol. The van der Waals surface area contributed by atoms with Gasteiger partial charge >= 0.3 is 5.97 Å². The number of carboxylic acid groups (broad SMARTS) is 1. The van der Waals surface area contributed by atoms with Gasteiger partial charge in [0.25, 0.3) is 0 Å². The van der Waals surface area contributed by atoms with Crippen LogP contribution in [-0.4, -0.2) is 32.0 Å². The molecule has 1 atom stereocenters. The van der Waals surface area contributed by atoms with Gasteiger partial charge in [0, 0.05) is 24.2 Å². The maximum absolute atomic E-state index is 11.8. The zero-order valence-electron chi connectivity index (χ0n) is 16.3. The van der Waals surface area contributed by atoms with E-state index in [1.807, 2.05) is 66.9 Å². The van der Waals surface area contributed by atoms with Crippen molar-refractivity contribution in [1.82, 2.24) is 15.1 Å². The van der Waals surface area contributed by atoms with E-state index >= 15 is 0 Å². The maximum atomic E-state index is 11.8. The molecule has 6 heteroatoms. The highest BCUT2D eigenvalue weighted by molar-refractivity contribution is 5.74. The fraction of sp³-hybridized carbons (Fsp3) is 0.125. The van der Waals surface area contributed by atoms with Gasteiger partial charge in [0.15, 0.2) is 0 Å². The number of aromatic hydroxyl groups is 1. The second-order valence-electron chi connectivity index (χ2n) is 7.10. The summed E-state index contributed by atoms with van der Waals surface area (Å²) in [6, 6.07) is 15.6. The number of hydrogen-bond donors (Lipinski definition) is 3. The quantitative estimate of drug-likeness (QED) is 0.541. The summed E-state index contributed by atoms with van der Waals surface area (Å²) in [5.74, 6) is 0.228. The van der Waals surface area contributed by atoms with E-state index < -0.39 is 12.0 Å². The van der Waals surface area contributed by atoms with Gasteiger partial charge in [0.1, 0.15) is 11.8 Å². The Balaban J connectivity index is 1.53. The van der Waals surface area contributed by atoms with Gasteiger partial charge in [0.2, 0.25) is 0 Å². The number of aliphatic carboxylic acids is 1. The van der Waals surface area contributed by atoms with Crippen LogP contribution in [0.2, 0.25) is 0 Å². The average Bonchev–Trinajstić information content (AvgIpc) is 3.43. The molecule has 5 radical (unpaired) electrons. The van der Waals surface area contributed by atoms with Crippen molar-refractivity contribution in [2.75, 3.05) is 0 Å². The summed E-state index contributed by atoms with van der Waals surface area (Å²) in [5.41, 5.74) is 3.52. The lowest BCUT2D eigenvalue weighted by molar-refractivity contribution is -0.139. The number of phenols is 1. The molecule has 1 heterocycles. The van der Waals surface area contributed by atoms with Gasteiger partial charge in [0.05, 0.1) is 11.4 Å². The van der Waals surface area contributed by atoms with E-state index in [9.17, 15) is 15.0 Å². The predicted molar refractivity (Wildman–Crippen MR) is 113 cm³/mol. The highest BCUT2D eigenvalue weighted by atomic mass is 16.4. The number of hydrogen-bond acceptors (Lipinski definition) is 4. The summed E-state index contributed by atoms with van der Waals surface area (Å²) in [4.78, 5) is 11.8. The second-order valence-corrected chi connectivity index (χ2v) is 7.10. The van der Waals surface area contributed by atoms with Crippen molar-refractivity contribution in [1.29, 1.82) is 0 Å². The molecule has 151 valence electrons. The van der Waals surface area contributed by atoms with Gasteiger partial charge in [-0.2, -0.15) is 5.10 Å². The number of rotatable bonds is 8. The van der Waals surface area contributed by atoms with E-state index in [4.69, 9.17) is 5.10 Å². The van der Waals surface area contributed by atoms with Crippen LogP contribution >= 0.6 is 0 Å². The SMILES string of the molecule is O=C(O)[C@H](Cc1ccc(O)cc1)NCc1cn(-c2ccccc2)nc1[C]1[CH][CH][CH][CH]1. The number of aromatic nitrogens is 2. The lowest BCUT2D eigenvalue weighted by Gasteiger charge is -2.15. The van der Waals surface area contributed by atoms with Crippen LogP contribution in [0.5, 0.6) is 5.75 Å². The summed E-state index contributed by atoms with van der Waals surface area (Å²) in [6.07, 6.45) is 10.1. The van der Waals surface area contributed by atoms with E-state index in [-0.39, 0.29) is 5.75 Å². The number of phenolic OH excluding ortho intramolecular Hbond substituents is 1. The third-order valence-electron chi connectivity index (χ3n) is 4.96. The maximum Gasteiger partial charge on any atom is 0.321 e. The van der Waals surface area contributed by atoms with Gasteiger partial charge in [-0.15, -0.1) is 0 Å². The van der Waals surface area contributed by atoms with Crippen LogP contribution in [-0.2, 0) is 17.8 Å². The lowest BCUT2D eigenvalue weighted by atomic mass is 10.00. The molecule has 4 rings (SSSR count). The standard InChI is InChI=1S/C24H22N3O3/c28-21-12-10-17(11-13-21)14-22(24(29)30)25-15-19-16-27(20-8-2-1-3-9-20)26-23(19)18-6-4-5-7-18/h1-13,16,22,25,28H,14-15H2,(H,29,30)/t22-/m0/s1. The third-order valence-corrected chi connectivity index (χ3v) is 4.96. The average molecular weight is 400 g/mol. The van der Waals surface area contributed by atoms with Gasteiger partial charge in [-0.05, 0) is 61.9 Å². The molecule has 1 saturated carbocycles. The normalized spacial score (nSPS) is 15.3. The van der Waals surface area contributed by atoms with Gasteiger partial charge < -0.3 is 10.2 Å². The zero-order valence-corrected chi connectivity index (χ0v) is 16.3. The predicted octanol–water partition coefficient (Wildman–Crippen LogP) is 3.12. The molecule has 6 nitrogen and oxygen atoms in total. The van der Waals surface area contributed by atoms with Crippen molar-refractivity contribution < 1.29 is 15.0 Å². The Bertz CT molecular complexity index is 977. The van der Waals surface area contributed by atoms with Crippen LogP contribution in [0, 0.1) is 31.6 Å². The highest BCUT2D eigenvalue weighted by Crippen LogP contribution is 2.31. The Hall–Kier alpha value is -3.12. The number of benzene rings is 2. The molecule has 0 unspecified atom stereocenters. The second kappa shape index (κ2) is 9.13. The van der Waals surface area contributed by atoms with E-state index in [1.165, 1.54) is 0 Å². The minimum Gasteiger partial charge on any atom is -0.508 e. The van der Waals surface area contributed by atoms with Crippen LogP contribution in [0.25, 0.3) is 5.69 Å². The Kier molecular flexibility index (Phi) is 6.14. The minimum atomic E-state index is -0.923. The first-order valence-corrected chi connectivity index (χ1v) is 9.70. The summed E-state index contributed by atoms with van der Waals surface area (Å²) in [6.45, 7) is 0.363. The van der Waals surface area contributed by atoms with Crippen LogP contribution in [0.15, 0.2) is 60.8 Å². The van der Waals surface area contributed by atoms with Crippen molar-refractivity contribution in [3.63, 3.8) is 0 Å². The van der Waals surface area contributed by atoms with E-state index in [1.54, 1.807) is 24.3 Å². The number of nitrogens with zero attached hydrogens (tertiary/aromatic N) is 2. The fourth-order valence-electron chi connectivity index (χ4n) is 3.37. The number of carbonyl (C=O) groups is 1. The molecule has 1 aromatic heterocycles. The number of para-hydroxylation sites is 1. The number of nitrogens with one attached hydrogen (secondary N) is 1. The minimum absolute atomic E-state index is 0.159. The zero-order chi connectivity index (χ0) is 20.9. The molecular formula is C24H22N3O3. The van der Waals surface area contributed by atoms with Gasteiger partial charge in [-0.25, -0.2) is 4.68 Å². The smallest absolute Gasteiger partial charge is 0.321 e. The Morgan fingerprint density at radius 3 is 2.40 bits per heavy atom. The van der Waals surface area contributed by atoms with E-state index in [0.717, 1.165) is 28.4 Å².